The molecule has 0 aliphatic heterocycles. The first-order valence-electron chi connectivity index (χ1n) is 1.12. The first kappa shape index (κ1) is 9.51. The third kappa shape index (κ3) is 8.88. The molecule has 0 rings (SSSR count). The third-order valence-electron chi connectivity index (χ3n) is 0.175. The summed E-state index contributed by atoms with van der Waals surface area (Å²) in [5.74, 6) is -0.981. The van der Waals surface area contributed by atoms with Gasteiger partial charge in [-0.25, -0.2) is 4.79 Å². The topological polar surface area (TPSA) is 37.3 Å². The Labute approximate surface area is 59.6 Å². The van der Waals surface area contributed by atoms with Crippen molar-refractivity contribution in [3.05, 3.63) is 12.7 Å². The molecule has 0 saturated carbocycles. The zero-order valence-corrected chi connectivity index (χ0v) is 5.64. The molecule has 0 aliphatic carbocycles. The van der Waals surface area contributed by atoms with E-state index in [2.05, 4.69) is 6.58 Å². The maximum atomic E-state index is 9.25. The van der Waals surface area contributed by atoms with Crippen LogP contribution in [0.5, 0.6) is 0 Å². The van der Waals surface area contributed by atoms with Crippen molar-refractivity contribution < 1.29 is 11.3 Å². The zero-order valence-electron chi connectivity index (χ0n) is 3.64. The van der Waals surface area contributed by atoms with Crippen molar-refractivity contribution in [3.63, 3.8) is 0 Å². The number of hydrogen-bond acceptors (Lipinski definition) is 1. The van der Waals surface area contributed by atoms with Gasteiger partial charge in [0.25, 0.3) is 0 Å². The Bertz CT molecular complexity index is 64.0. The molecular formula is C3H6NaO2. The van der Waals surface area contributed by atoms with Gasteiger partial charge in [0.15, 0.2) is 0 Å². The second-order valence-electron chi connectivity index (χ2n) is 0.542. The fourth-order valence-corrected chi connectivity index (χ4v) is 0. The summed E-state index contributed by atoms with van der Waals surface area (Å²) in [7, 11) is 0. The van der Waals surface area contributed by atoms with Gasteiger partial charge in [0, 0.05) is 37.1 Å². The van der Waals surface area contributed by atoms with Crippen molar-refractivity contribution in [1.82, 2.24) is 0 Å². The van der Waals surface area contributed by atoms with Gasteiger partial charge < -0.3 is 5.11 Å². The molecule has 2 nitrogen and oxygen atoms in total. The van der Waals surface area contributed by atoms with E-state index < -0.39 is 5.97 Å². The smallest absolute Gasteiger partial charge is 0.327 e. The minimum atomic E-state index is -0.981. The largest absolute Gasteiger partial charge is 0.478 e. The van der Waals surface area contributed by atoms with Crippen LogP contribution >= 0.6 is 0 Å². The van der Waals surface area contributed by atoms with E-state index in [0.717, 1.165) is 6.08 Å². The summed E-state index contributed by atoms with van der Waals surface area (Å²) in [5.41, 5.74) is 0. The molecule has 0 atom stereocenters. The predicted octanol–water partition coefficient (Wildman–Crippen LogP) is 0.122. The normalized spacial score (nSPS) is 5.33. The van der Waals surface area contributed by atoms with Gasteiger partial charge in [0.2, 0.25) is 0 Å². The Balaban J connectivity index is -0.0000000800. The molecule has 6 heavy (non-hydrogen) atoms. The molecule has 1 radical (unpaired) electrons. The van der Waals surface area contributed by atoms with E-state index in [1.54, 1.807) is 0 Å². The van der Waals surface area contributed by atoms with E-state index in [9.17, 15) is 4.79 Å². The fraction of sp³-hybridized carbons (Fsp3) is 0. The van der Waals surface area contributed by atoms with E-state index in [4.69, 9.17) is 5.11 Å². The third-order valence-corrected chi connectivity index (χ3v) is 0.175. The number of carbonyl (C=O) groups is 1. The Kier molecular flexibility index (Phi) is 8.26. The summed E-state index contributed by atoms with van der Waals surface area (Å²) >= 11 is 0. The number of hydrogen-bond donors (Lipinski definition) is 1. The van der Waals surface area contributed by atoms with Gasteiger partial charge in [-0.1, -0.05) is 6.58 Å². The molecule has 3 heteroatoms. The quantitative estimate of drug-likeness (QED) is 0.372. The van der Waals surface area contributed by atoms with Crippen LogP contribution in [0.1, 0.15) is 1.43 Å². The van der Waals surface area contributed by atoms with Crippen LogP contribution in [-0.4, -0.2) is 40.6 Å². The summed E-state index contributed by atoms with van der Waals surface area (Å²) < 4.78 is 0. The van der Waals surface area contributed by atoms with E-state index in [0.29, 0.717) is 0 Å². The number of aliphatic carboxylic acids is 1. The van der Waals surface area contributed by atoms with Gasteiger partial charge in [-0.2, -0.15) is 0 Å². The molecule has 0 aliphatic rings. The minimum absolute atomic E-state index is 0. The van der Waals surface area contributed by atoms with Gasteiger partial charge in [-0.3, -0.25) is 0 Å². The van der Waals surface area contributed by atoms with Gasteiger partial charge in [0.05, 0.1) is 0 Å². The summed E-state index contributed by atoms with van der Waals surface area (Å²) in [6.07, 6.45) is 0.833. The molecule has 0 amide bonds. The summed E-state index contributed by atoms with van der Waals surface area (Å²) in [4.78, 5) is 9.25. The number of carboxylic acids is 1. The standard InChI is InChI=1S/C3H4O2.Na.H2/c1-2-3(4)5;;/h2H,1H2,(H,4,5);;1H. The van der Waals surface area contributed by atoms with Crippen LogP contribution < -0.4 is 0 Å². The summed E-state index contributed by atoms with van der Waals surface area (Å²) in [6, 6.07) is 0. The van der Waals surface area contributed by atoms with Crippen molar-refractivity contribution in [2.45, 2.75) is 0 Å². The molecule has 0 fully saturated rings. The maximum absolute atomic E-state index is 9.25. The van der Waals surface area contributed by atoms with Crippen LogP contribution in [0, 0.1) is 0 Å². The Morgan fingerprint density at radius 2 is 2.17 bits per heavy atom. The molecule has 0 aromatic carbocycles. The number of carboxylic acid groups (broad SMARTS) is 1. The van der Waals surface area contributed by atoms with Gasteiger partial charge in [0.1, 0.15) is 0 Å². The second kappa shape index (κ2) is 5.21. The zero-order chi connectivity index (χ0) is 4.28. The van der Waals surface area contributed by atoms with Crippen LogP contribution in [0.2, 0.25) is 0 Å². The Morgan fingerprint density at radius 3 is 2.17 bits per heavy atom. The molecule has 0 unspecified atom stereocenters. The average Bonchev–Trinajstić information content (AvgIpc) is 1.38. The van der Waals surface area contributed by atoms with E-state index in [1.165, 1.54) is 0 Å². The first-order valence-corrected chi connectivity index (χ1v) is 1.12. The van der Waals surface area contributed by atoms with Crippen LogP contribution in [0.3, 0.4) is 0 Å². The van der Waals surface area contributed by atoms with E-state index in [1.807, 2.05) is 0 Å². The Hall–Kier alpha value is 0.210. The molecule has 31 valence electrons. The van der Waals surface area contributed by atoms with E-state index >= 15 is 0 Å². The molecule has 0 aromatic heterocycles. The van der Waals surface area contributed by atoms with Gasteiger partial charge in [-0.05, 0) is 0 Å². The maximum Gasteiger partial charge on any atom is 0.327 e. The van der Waals surface area contributed by atoms with Crippen molar-refractivity contribution >= 4 is 35.5 Å². The first-order chi connectivity index (χ1) is 2.27. The van der Waals surface area contributed by atoms with Crippen molar-refractivity contribution in [3.8, 4) is 0 Å². The van der Waals surface area contributed by atoms with Crippen LogP contribution in [0.4, 0.5) is 0 Å². The van der Waals surface area contributed by atoms with Gasteiger partial charge >= 0.3 is 5.97 Å². The fourth-order valence-electron chi connectivity index (χ4n) is 0. The van der Waals surface area contributed by atoms with E-state index in [-0.39, 0.29) is 31.0 Å². The molecular weight excluding hydrogens is 91.0 g/mol. The predicted molar refractivity (Wildman–Crippen MR) is 25.7 cm³/mol. The molecule has 0 saturated heterocycles. The van der Waals surface area contributed by atoms with Crippen LogP contribution in [0.15, 0.2) is 12.7 Å². The molecule has 1 N–H and O–H groups in total. The minimum Gasteiger partial charge on any atom is -0.478 e. The molecule has 0 heterocycles. The summed E-state index contributed by atoms with van der Waals surface area (Å²) in [5, 5.41) is 7.60. The van der Waals surface area contributed by atoms with Crippen LogP contribution in [0.25, 0.3) is 0 Å². The van der Waals surface area contributed by atoms with Crippen LogP contribution in [-0.2, 0) is 4.79 Å². The monoisotopic (exact) mass is 97.0 g/mol. The van der Waals surface area contributed by atoms with Crippen molar-refractivity contribution in [2.75, 3.05) is 0 Å². The Morgan fingerprint density at radius 1 is 2.00 bits per heavy atom. The molecule has 0 aromatic rings. The van der Waals surface area contributed by atoms with Gasteiger partial charge in [-0.15, -0.1) is 0 Å². The van der Waals surface area contributed by atoms with Crippen molar-refractivity contribution in [1.29, 1.82) is 0 Å². The van der Waals surface area contributed by atoms with Crippen molar-refractivity contribution in [2.24, 2.45) is 0 Å². The summed E-state index contributed by atoms with van der Waals surface area (Å²) in [6.45, 7) is 2.96. The molecule has 0 bridgehead atoms. The number of rotatable bonds is 1. The SMILES string of the molecule is C=CC(=O)O.[HH].[Na]. The average molecular weight is 97.1 g/mol. The second-order valence-corrected chi connectivity index (χ2v) is 0.542. The molecule has 0 spiro atoms.